The Labute approximate surface area is 149 Å². The summed E-state index contributed by atoms with van der Waals surface area (Å²) < 4.78 is 0. The topological polar surface area (TPSA) is 36.2 Å². The molecule has 1 rings (SSSR count). The molecule has 0 heterocycles. The molecule has 0 atom stereocenters. The molecule has 0 aromatic heterocycles. The zero-order valence-electron chi connectivity index (χ0n) is 16.3. The van der Waals surface area contributed by atoms with E-state index in [1.807, 2.05) is 0 Å². The van der Waals surface area contributed by atoms with Gasteiger partial charge >= 0.3 is 0 Å². The van der Waals surface area contributed by atoms with Crippen LogP contribution < -0.4 is 0 Å². The van der Waals surface area contributed by atoms with Gasteiger partial charge in [0.25, 0.3) is 0 Å². The molecule has 0 bridgehead atoms. The summed E-state index contributed by atoms with van der Waals surface area (Å²) in [5.74, 6) is 0. The molecule has 0 unspecified atom stereocenters. The predicted molar refractivity (Wildman–Crippen MR) is 106 cm³/mol. The molecular weight excluding hydrogens is 292 g/mol. The first-order valence-electron chi connectivity index (χ1n) is 9.92. The first kappa shape index (κ1) is 20.6. The van der Waals surface area contributed by atoms with E-state index in [1.165, 1.54) is 68.1 Å². The summed E-state index contributed by atoms with van der Waals surface area (Å²) in [6.45, 7) is 8.86. The molecular formula is C22H36N2. The third kappa shape index (κ3) is 6.59. The lowest BCUT2D eigenvalue weighted by Crippen LogP contribution is -2.02. The van der Waals surface area contributed by atoms with Crippen LogP contribution in [0.3, 0.4) is 0 Å². The molecule has 0 amide bonds. The molecule has 0 aliphatic rings. The van der Waals surface area contributed by atoms with Gasteiger partial charge in [-0.1, -0.05) is 65.5 Å². The maximum absolute atomic E-state index is 7.30. The second-order valence-electron chi connectivity index (χ2n) is 6.69. The Hall–Kier alpha value is -1.44. The highest BCUT2D eigenvalue weighted by molar-refractivity contribution is 5.57. The van der Waals surface area contributed by atoms with Crippen LogP contribution in [0, 0.1) is 5.53 Å². The maximum Gasteiger partial charge on any atom is 0.0626 e. The number of unbranched alkanes of at least 4 members (excludes halogenated alkanes) is 4. The number of allylic oxidation sites excluding steroid dienone is 1. The van der Waals surface area contributed by atoms with E-state index in [0.717, 1.165) is 18.5 Å². The second kappa shape index (κ2) is 12.0. The van der Waals surface area contributed by atoms with Crippen molar-refractivity contribution in [2.45, 2.75) is 91.9 Å². The Bertz CT molecular complexity index is 529. The molecule has 1 aromatic carbocycles. The standard InChI is InChI=1S/C22H36N2/c1-5-9-11-12-14-22-19(7-3)15-18(17-21(8-4)24-23)16-20(22)13-10-6-2/h15-17,23H,5-14H2,1-4H3. The first-order valence-corrected chi connectivity index (χ1v) is 9.92. The molecule has 0 aliphatic heterocycles. The second-order valence-corrected chi connectivity index (χ2v) is 6.69. The van der Waals surface area contributed by atoms with Gasteiger partial charge in [-0.25, -0.2) is 5.53 Å². The van der Waals surface area contributed by atoms with E-state index in [4.69, 9.17) is 5.53 Å². The molecule has 0 saturated carbocycles. The summed E-state index contributed by atoms with van der Waals surface area (Å²) in [4.78, 5) is 0. The van der Waals surface area contributed by atoms with E-state index in [9.17, 15) is 0 Å². The fourth-order valence-corrected chi connectivity index (χ4v) is 3.27. The van der Waals surface area contributed by atoms with Crippen molar-refractivity contribution in [3.8, 4) is 0 Å². The van der Waals surface area contributed by atoms with Gasteiger partial charge in [-0.2, -0.15) is 5.11 Å². The van der Waals surface area contributed by atoms with E-state index in [-0.39, 0.29) is 0 Å². The lowest BCUT2D eigenvalue weighted by atomic mass is 9.89. The number of hydrogen-bond donors (Lipinski definition) is 1. The Balaban J connectivity index is 3.14. The van der Waals surface area contributed by atoms with Crippen LogP contribution >= 0.6 is 0 Å². The molecule has 0 saturated heterocycles. The summed E-state index contributed by atoms with van der Waals surface area (Å²) >= 11 is 0. The van der Waals surface area contributed by atoms with Crippen molar-refractivity contribution in [3.05, 3.63) is 40.1 Å². The van der Waals surface area contributed by atoms with E-state index >= 15 is 0 Å². The van der Waals surface area contributed by atoms with Crippen LogP contribution in [0.4, 0.5) is 0 Å². The maximum atomic E-state index is 7.30. The molecule has 0 aliphatic carbocycles. The average Bonchev–Trinajstić information content (AvgIpc) is 2.61. The molecule has 1 aromatic rings. The number of benzene rings is 1. The van der Waals surface area contributed by atoms with Crippen LogP contribution in [0.5, 0.6) is 0 Å². The molecule has 2 heteroatoms. The van der Waals surface area contributed by atoms with Gasteiger partial charge in [-0.15, -0.1) is 0 Å². The average molecular weight is 329 g/mol. The normalized spacial score (nSPS) is 11.8. The minimum absolute atomic E-state index is 0.814. The third-order valence-electron chi connectivity index (χ3n) is 4.76. The minimum atomic E-state index is 0.814. The molecule has 0 spiro atoms. The zero-order valence-corrected chi connectivity index (χ0v) is 16.3. The fourth-order valence-electron chi connectivity index (χ4n) is 3.27. The lowest BCUT2D eigenvalue weighted by Gasteiger charge is -2.16. The van der Waals surface area contributed by atoms with Gasteiger partial charge in [0.1, 0.15) is 0 Å². The van der Waals surface area contributed by atoms with Gasteiger partial charge in [0.2, 0.25) is 0 Å². The van der Waals surface area contributed by atoms with Crippen LogP contribution in [-0.4, -0.2) is 0 Å². The Kier molecular flexibility index (Phi) is 10.3. The minimum Gasteiger partial charge on any atom is -0.205 e. The van der Waals surface area contributed by atoms with Gasteiger partial charge in [0, 0.05) is 0 Å². The smallest absolute Gasteiger partial charge is 0.0626 e. The zero-order chi connectivity index (χ0) is 17.8. The fraction of sp³-hybridized carbons (Fsp3) is 0.636. The van der Waals surface area contributed by atoms with Gasteiger partial charge in [-0.3, -0.25) is 0 Å². The lowest BCUT2D eigenvalue weighted by molar-refractivity contribution is 0.660. The van der Waals surface area contributed by atoms with Crippen molar-refractivity contribution in [3.63, 3.8) is 0 Å². The summed E-state index contributed by atoms with van der Waals surface area (Å²) in [6.07, 6.45) is 14.1. The van der Waals surface area contributed by atoms with Crippen LogP contribution in [0.25, 0.3) is 6.08 Å². The van der Waals surface area contributed by atoms with Crippen LogP contribution in [-0.2, 0) is 19.3 Å². The van der Waals surface area contributed by atoms with Crippen molar-refractivity contribution >= 4 is 6.08 Å². The highest BCUT2D eigenvalue weighted by Gasteiger charge is 2.10. The summed E-state index contributed by atoms with van der Waals surface area (Å²) in [6, 6.07) is 4.68. The quantitative estimate of drug-likeness (QED) is 0.305. The van der Waals surface area contributed by atoms with E-state index in [2.05, 4.69) is 51.0 Å². The number of nitrogens with zero attached hydrogens (tertiary/aromatic N) is 1. The van der Waals surface area contributed by atoms with Crippen LogP contribution in [0.1, 0.15) is 94.9 Å². The van der Waals surface area contributed by atoms with Crippen molar-refractivity contribution in [2.75, 3.05) is 0 Å². The molecule has 24 heavy (non-hydrogen) atoms. The number of hydrogen-bond acceptors (Lipinski definition) is 2. The van der Waals surface area contributed by atoms with Crippen molar-refractivity contribution in [2.24, 2.45) is 5.11 Å². The number of rotatable bonds is 12. The molecule has 2 nitrogen and oxygen atoms in total. The molecule has 0 fully saturated rings. The van der Waals surface area contributed by atoms with Crippen LogP contribution in [0.15, 0.2) is 22.9 Å². The van der Waals surface area contributed by atoms with Gasteiger partial charge in [0.05, 0.1) is 5.70 Å². The highest BCUT2D eigenvalue weighted by Crippen LogP contribution is 2.25. The van der Waals surface area contributed by atoms with Crippen LogP contribution in [0.2, 0.25) is 0 Å². The highest BCUT2D eigenvalue weighted by atomic mass is 15.0. The molecule has 134 valence electrons. The summed E-state index contributed by atoms with van der Waals surface area (Å²) in [7, 11) is 0. The number of nitrogens with one attached hydrogen (secondary N) is 1. The number of aryl methyl sites for hydroxylation is 2. The third-order valence-corrected chi connectivity index (χ3v) is 4.76. The van der Waals surface area contributed by atoms with Gasteiger partial charge in [-0.05, 0) is 66.9 Å². The largest absolute Gasteiger partial charge is 0.205 e. The Morgan fingerprint density at radius 3 is 2.21 bits per heavy atom. The van der Waals surface area contributed by atoms with E-state index < -0.39 is 0 Å². The van der Waals surface area contributed by atoms with Crippen molar-refractivity contribution in [1.29, 1.82) is 5.53 Å². The molecule has 1 N–H and O–H groups in total. The summed E-state index contributed by atoms with van der Waals surface area (Å²) in [5, 5.41) is 3.65. The molecule has 0 radical (unpaired) electrons. The van der Waals surface area contributed by atoms with Crippen molar-refractivity contribution < 1.29 is 0 Å². The van der Waals surface area contributed by atoms with Crippen molar-refractivity contribution in [1.82, 2.24) is 0 Å². The van der Waals surface area contributed by atoms with E-state index in [1.54, 1.807) is 5.56 Å². The Morgan fingerprint density at radius 2 is 1.62 bits per heavy atom. The van der Waals surface area contributed by atoms with E-state index in [0.29, 0.717) is 0 Å². The predicted octanol–water partition coefficient (Wildman–Crippen LogP) is 7.50. The van der Waals surface area contributed by atoms with Gasteiger partial charge in [0.15, 0.2) is 0 Å². The van der Waals surface area contributed by atoms with Gasteiger partial charge < -0.3 is 0 Å². The first-order chi connectivity index (χ1) is 11.7. The SMILES string of the molecule is CCCCCCc1c(CC)cc(C=C(CC)N=N)cc1CCCC. The monoisotopic (exact) mass is 328 g/mol. The Morgan fingerprint density at radius 1 is 0.917 bits per heavy atom. The summed E-state index contributed by atoms with van der Waals surface area (Å²) in [5.41, 5.74) is 14.0.